The predicted octanol–water partition coefficient (Wildman–Crippen LogP) is -0.425. The highest BCUT2D eigenvalue weighted by Crippen LogP contribution is 2.02. The van der Waals surface area contributed by atoms with E-state index >= 15 is 0 Å². The number of esters is 1. The Bertz CT molecular complexity index is 843. The zero-order valence-electron chi connectivity index (χ0n) is 11.0. The first-order chi connectivity index (χ1) is 9.51. The second-order valence-corrected chi connectivity index (χ2v) is 3.98. The molecule has 106 valence electrons. The van der Waals surface area contributed by atoms with Crippen molar-refractivity contribution in [1.82, 2.24) is 14.5 Å². The highest BCUT2D eigenvalue weighted by molar-refractivity contribution is 5.92. The molecular weight excluding hydrogens is 266 g/mol. The lowest BCUT2D eigenvalue weighted by Gasteiger charge is -2.07. The molecule has 2 rings (SSSR count). The average molecular weight is 279 g/mol. The van der Waals surface area contributed by atoms with E-state index in [1.54, 1.807) is 13.8 Å². The maximum atomic E-state index is 12.2. The SMILES string of the molecule is CCOC(=O)c1c[nH]c2c(c(=O)[nH]c(=O)n2CC)c1=O. The summed E-state index contributed by atoms with van der Waals surface area (Å²) in [5, 5.41) is -0.267. The van der Waals surface area contributed by atoms with E-state index in [-0.39, 0.29) is 29.7 Å². The number of rotatable bonds is 3. The number of pyridine rings is 1. The fraction of sp³-hybridized carbons (Fsp3) is 0.333. The molecule has 0 bridgehead atoms. The second-order valence-electron chi connectivity index (χ2n) is 3.98. The minimum absolute atomic E-state index is 0.0827. The molecule has 0 unspecified atom stereocenters. The first kappa shape index (κ1) is 13.8. The van der Waals surface area contributed by atoms with E-state index in [2.05, 4.69) is 9.97 Å². The Balaban J connectivity index is 2.88. The summed E-state index contributed by atoms with van der Waals surface area (Å²) in [7, 11) is 0. The molecule has 0 radical (unpaired) electrons. The summed E-state index contributed by atoms with van der Waals surface area (Å²) in [6.45, 7) is 3.67. The average Bonchev–Trinajstić information content (AvgIpc) is 2.39. The van der Waals surface area contributed by atoms with E-state index in [0.717, 1.165) is 6.20 Å². The lowest BCUT2D eigenvalue weighted by molar-refractivity contribution is 0.0524. The van der Waals surface area contributed by atoms with Gasteiger partial charge in [-0.25, -0.2) is 9.59 Å². The number of fused-ring (bicyclic) bond motifs is 1. The summed E-state index contributed by atoms with van der Waals surface area (Å²) in [6.07, 6.45) is 1.15. The Morgan fingerprint density at radius 3 is 2.60 bits per heavy atom. The molecule has 0 aliphatic heterocycles. The van der Waals surface area contributed by atoms with Crippen molar-refractivity contribution in [3.8, 4) is 0 Å². The van der Waals surface area contributed by atoms with Crippen molar-refractivity contribution in [3.05, 3.63) is 42.8 Å². The molecular formula is C12H13N3O5. The van der Waals surface area contributed by atoms with Crippen LogP contribution in [0.5, 0.6) is 0 Å². The number of aryl methyl sites for hydroxylation is 1. The summed E-state index contributed by atoms with van der Waals surface area (Å²) in [6, 6.07) is 0. The van der Waals surface area contributed by atoms with Crippen molar-refractivity contribution >= 4 is 17.0 Å². The molecule has 2 aromatic heterocycles. The zero-order valence-corrected chi connectivity index (χ0v) is 11.0. The molecule has 2 N–H and O–H groups in total. The first-order valence-corrected chi connectivity index (χ1v) is 6.06. The predicted molar refractivity (Wildman–Crippen MR) is 71.1 cm³/mol. The Morgan fingerprint density at radius 1 is 1.30 bits per heavy atom. The Morgan fingerprint density at radius 2 is 2.00 bits per heavy atom. The number of aromatic amines is 2. The van der Waals surface area contributed by atoms with E-state index in [0.29, 0.717) is 0 Å². The lowest BCUT2D eigenvalue weighted by Crippen LogP contribution is -2.34. The fourth-order valence-electron chi connectivity index (χ4n) is 1.93. The molecule has 20 heavy (non-hydrogen) atoms. The number of nitrogens with zero attached hydrogens (tertiary/aromatic N) is 1. The number of H-pyrrole nitrogens is 2. The standard InChI is InChI=1S/C12H13N3O5/c1-3-15-9-7(10(17)14-12(15)19)8(16)6(5-13-9)11(18)20-4-2/h5H,3-4H2,1-2H3,(H,13,16)(H,14,17,19). The van der Waals surface area contributed by atoms with Gasteiger partial charge in [0.05, 0.1) is 6.61 Å². The van der Waals surface area contributed by atoms with Crippen LogP contribution in [0.3, 0.4) is 0 Å². The van der Waals surface area contributed by atoms with Gasteiger partial charge in [-0.15, -0.1) is 0 Å². The van der Waals surface area contributed by atoms with Gasteiger partial charge in [0, 0.05) is 12.7 Å². The Kier molecular flexibility index (Phi) is 3.55. The van der Waals surface area contributed by atoms with Crippen molar-refractivity contribution < 1.29 is 9.53 Å². The van der Waals surface area contributed by atoms with Gasteiger partial charge in [0.15, 0.2) is 0 Å². The monoisotopic (exact) mass is 279 g/mol. The largest absolute Gasteiger partial charge is 0.462 e. The van der Waals surface area contributed by atoms with Crippen LogP contribution in [-0.4, -0.2) is 27.1 Å². The van der Waals surface area contributed by atoms with Crippen LogP contribution >= 0.6 is 0 Å². The molecule has 8 heteroatoms. The maximum Gasteiger partial charge on any atom is 0.343 e. The minimum atomic E-state index is -0.831. The summed E-state index contributed by atoms with van der Waals surface area (Å²) >= 11 is 0. The van der Waals surface area contributed by atoms with Gasteiger partial charge in [0.1, 0.15) is 16.6 Å². The number of hydrogen-bond acceptors (Lipinski definition) is 5. The first-order valence-electron chi connectivity index (χ1n) is 6.06. The normalized spacial score (nSPS) is 10.7. The van der Waals surface area contributed by atoms with Gasteiger partial charge in [0.25, 0.3) is 5.56 Å². The second kappa shape index (κ2) is 5.16. The van der Waals surface area contributed by atoms with Crippen LogP contribution in [0.4, 0.5) is 0 Å². The van der Waals surface area contributed by atoms with Gasteiger partial charge in [-0.1, -0.05) is 0 Å². The molecule has 0 atom stereocenters. The van der Waals surface area contributed by atoms with Crippen molar-refractivity contribution in [3.63, 3.8) is 0 Å². The Hall–Kier alpha value is -2.64. The molecule has 8 nitrogen and oxygen atoms in total. The van der Waals surface area contributed by atoms with Gasteiger partial charge in [-0.3, -0.25) is 19.1 Å². The van der Waals surface area contributed by atoms with Crippen molar-refractivity contribution in [2.45, 2.75) is 20.4 Å². The van der Waals surface area contributed by atoms with Crippen molar-refractivity contribution in [1.29, 1.82) is 0 Å². The molecule has 2 aromatic rings. The molecule has 0 fully saturated rings. The third-order valence-corrected chi connectivity index (χ3v) is 2.84. The van der Waals surface area contributed by atoms with E-state index < -0.39 is 22.6 Å². The number of hydrogen-bond donors (Lipinski definition) is 2. The zero-order chi connectivity index (χ0) is 14.9. The molecule has 0 aromatic carbocycles. The van der Waals surface area contributed by atoms with Gasteiger partial charge in [-0.05, 0) is 13.8 Å². The molecule has 0 amide bonds. The van der Waals surface area contributed by atoms with Crippen LogP contribution in [0.15, 0.2) is 20.6 Å². The van der Waals surface area contributed by atoms with E-state index in [1.807, 2.05) is 0 Å². The maximum absolute atomic E-state index is 12.2. The smallest absolute Gasteiger partial charge is 0.343 e. The van der Waals surface area contributed by atoms with Gasteiger partial charge >= 0.3 is 11.7 Å². The fourth-order valence-corrected chi connectivity index (χ4v) is 1.93. The third kappa shape index (κ3) is 2.04. The molecule has 0 aliphatic carbocycles. The van der Waals surface area contributed by atoms with Gasteiger partial charge in [0.2, 0.25) is 5.43 Å². The van der Waals surface area contributed by atoms with E-state index in [9.17, 15) is 19.2 Å². The molecule has 0 aliphatic rings. The van der Waals surface area contributed by atoms with Crippen LogP contribution in [0.1, 0.15) is 24.2 Å². The third-order valence-electron chi connectivity index (χ3n) is 2.84. The van der Waals surface area contributed by atoms with Crippen molar-refractivity contribution in [2.24, 2.45) is 0 Å². The molecule has 0 spiro atoms. The minimum Gasteiger partial charge on any atom is -0.462 e. The summed E-state index contributed by atoms with van der Waals surface area (Å²) < 4.78 is 5.94. The summed E-state index contributed by atoms with van der Waals surface area (Å²) in [4.78, 5) is 51.9. The number of nitrogens with one attached hydrogen (secondary N) is 2. The van der Waals surface area contributed by atoms with E-state index in [4.69, 9.17) is 4.74 Å². The quantitative estimate of drug-likeness (QED) is 0.740. The molecule has 2 heterocycles. The lowest BCUT2D eigenvalue weighted by atomic mass is 10.2. The topological polar surface area (TPSA) is 114 Å². The highest BCUT2D eigenvalue weighted by Gasteiger charge is 2.18. The van der Waals surface area contributed by atoms with Crippen LogP contribution < -0.4 is 16.7 Å². The van der Waals surface area contributed by atoms with Gasteiger partial charge < -0.3 is 9.72 Å². The van der Waals surface area contributed by atoms with Crippen LogP contribution in [0, 0.1) is 0 Å². The number of ether oxygens (including phenoxy) is 1. The number of carbonyl (C=O) groups excluding carboxylic acids is 1. The number of carbonyl (C=O) groups is 1. The molecule has 0 saturated heterocycles. The van der Waals surface area contributed by atoms with E-state index in [1.165, 1.54) is 4.57 Å². The van der Waals surface area contributed by atoms with Crippen LogP contribution in [-0.2, 0) is 11.3 Å². The van der Waals surface area contributed by atoms with Crippen LogP contribution in [0.25, 0.3) is 11.0 Å². The Labute approximate surface area is 112 Å². The van der Waals surface area contributed by atoms with Crippen LogP contribution in [0.2, 0.25) is 0 Å². The summed E-state index contributed by atoms with van der Waals surface area (Å²) in [5.74, 6) is -0.815. The number of aromatic nitrogens is 3. The molecule has 0 saturated carbocycles. The van der Waals surface area contributed by atoms with Gasteiger partial charge in [-0.2, -0.15) is 0 Å². The summed E-state index contributed by atoms with van der Waals surface area (Å²) in [5.41, 5.74) is -2.40. The highest BCUT2D eigenvalue weighted by atomic mass is 16.5. The van der Waals surface area contributed by atoms with Crippen molar-refractivity contribution in [2.75, 3.05) is 6.61 Å².